The molecular formula is C19H15N5O2. The number of amides is 1. The molecule has 3 aromatic carbocycles. The molecule has 0 saturated heterocycles. The minimum atomic E-state index is -0.546. The molecule has 0 spiro atoms. The molecule has 128 valence electrons. The summed E-state index contributed by atoms with van der Waals surface area (Å²) in [5, 5.41) is 23.0. The van der Waals surface area contributed by atoms with Gasteiger partial charge in [0.1, 0.15) is 0 Å². The van der Waals surface area contributed by atoms with Crippen LogP contribution in [0.25, 0.3) is 22.2 Å². The molecule has 0 saturated carbocycles. The largest absolute Gasteiger partial charge is 0.288 e. The number of carbonyl (C=O) groups is 1. The molecule has 0 radical (unpaired) electrons. The zero-order chi connectivity index (χ0) is 17.9. The first-order chi connectivity index (χ1) is 12.7. The van der Waals surface area contributed by atoms with E-state index in [0.29, 0.717) is 17.9 Å². The van der Waals surface area contributed by atoms with E-state index in [-0.39, 0.29) is 0 Å². The van der Waals surface area contributed by atoms with E-state index in [1.807, 2.05) is 24.3 Å². The fourth-order valence-corrected chi connectivity index (χ4v) is 2.85. The van der Waals surface area contributed by atoms with Gasteiger partial charge in [-0.25, -0.2) is 10.2 Å². The van der Waals surface area contributed by atoms with Crippen molar-refractivity contribution in [1.29, 1.82) is 0 Å². The van der Waals surface area contributed by atoms with Gasteiger partial charge >= 0.3 is 0 Å². The summed E-state index contributed by atoms with van der Waals surface area (Å²) in [5.74, 6) is 0.128. The SMILES string of the molecule is O=C(NO)c1ccc(Cn2nnnc2-c2ccc3ccccc3c2)cc1. The lowest BCUT2D eigenvalue weighted by Gasteiger charge is -2.07. The Morgan fingerprint density at radius 1 is 1.00 bits per heavy atom. The second kappa shape index (κ2) is 6.73. The molecule has 1 amide bonds. The third-order valence-corrected chi connectivity index (χ3v) is 4.19. The first kappa shape index (κ1) is 15.9. The second-order valence-corrected chi connectivity index (χ2v) is 5.86. The van der Waals surface area contributed by atoms with Crippen LogP contribution in [-0.2, 0) is 6.54 Å². The van der Waals surface area contributed by atoms with Crippen molar-refractivity contribution in [3.8, 4) is 11.4 Å². The summed E-state index contributed by atoms with van der Waals surface area (Å²) >= 11 is 0. The number of nitrogens with one attached hydrogen (secondary N) is 1. The van der Waals surface area contributed by atoms with Crippen molar-refractivity contribution in [2.45, 2.75) is 6.54 Å². The van der Waals surface area contributed by atoms with Gasteiger partial charge in [0, 0.05) is 11.1 Å². The quantitative estimate of drug-likeness (QED) is 0.438. The van der Waals surface area contributed by atoms with E-state index in [0.717, 1.165) is 21.9 Å². The number of benzene rings is 3. The second-order valence-electron chi connectivity index (χ2n) is 5.86. The summed E-state index contributed by atoms with van der Waals surface area (Å²) in [6.07, 6.45) is 0. The van der Waals surface area contributed by atoms with Crippen LogP contribution in [0.3, 0.4) is 0 Å². The minimum Gasteiger partial charge on any atom is -0.288 e. The molecule has 1 heterocycles. The molecule has 0 bridgehead atoms. The summed E-state index contributed by atoms with van der Waals surface area (Å²) in [4.78, 5) is 11.4. The predicted octanol–water partition coefficient (Wildman–Crippen LogP) is 2.66. The van der Waals surface area contributed by atoms with E-state index < -0.39 is 5.91 Å². The van der Waals surface area contributed by atoms with Gasteiger partial charge in [0.05, 0.1) is 6.54 Å². The van der Waals surface area contributed by atoms with Gasteiger partial charge in [0.25, 0.3) is 5.91 Å². The van der Waals surface area contributed by atoms with Crippen molar-refractivity contribution in [3.05, 3.63) is 77.9 Å². The highest BCUT2D eigenvalue weighted by molar-refractivity contribution is 5.93. The number of rotatable bonds is 4. The number of fused-ring (bicyclic) bond motifs is 1. The van der Waals surface area contributed by atoms with Crippen molar-refractivity contribution in [1.82, 2.24) is 25.7 Å². The molecule has 7 nitrogen and oxygen atoms in total. The van der Waals surface area contributed by atoms with E-state index in [9.17, 15) is 4.79 Å². The molecule has 7 heteroatoms. The maximum Gasteiger partial charge on any atom is 0.274 e. The summed E-state index contributed by atoms with van der Waals surface area (Å²) < 4.78 is 1.71. The minimum absolute atomic E-state index is 0.378. The number of hydroxylamine groups is 1. The zero-order valence-corrected chi connectivity index (χ0v) is 13.7. The summed E-state index contributed by atoms with van der Waals surface area (Å²) in [5.41, 5.74) is 3.87. The van der Waals surface area contributed by atoms with E-state index in [4.69, 9.17) is 5.21 Å². The summed E-state index contributed by atoms with van der Waals surface area (Å²) in [6, 6.07) is 21.1. The first-order valence-corrected chi connectivity index (χ1v) is 8.03. The fourth-order valence-electron chi connectivity index (χ4n) is 2.85. The molecule has 0 aliphatic rings. The van der Waals surface area contributed by atoms with E-state index >= 15 is 0 Å². The Balaban J connectivity index is 1.63. The molecule has 0 atom stereocenters. The molecule has 1 aromatic heterocycles. The molecule has 0 aliphatic heterocycles. The predicted molar refractivity (Wildman–Crippen MR) is 95.6 cm³/mol. The average molecular weight is 345 g/mol. The van der Waals surface area contributed by atoms with Crippen LogP contribution in [0.1, 0.15) is 15.9 Å². The van der Waals surface area contributed by atoms with Crippen LogP contribution < -0.4 is 5.48 Å². The average Bonchev–Trinajstić information content (AvgIpc) is 3.15. The van der Waals surface area contributed by atoms with Crippen molar-refractivity contribution in [3.63, 3.8) is 0 Å². The number of aromatic nitrogens is 4. The highest BCUT2D eigenvalue weighted by Crippen LogP contribution is 2.23. The Kier molecular flexibility index (Phi) is 4.12. The normalized spacial score (nSPS) is 10.8. The van der Waals surface area contributed by atoms with E-state index in [2.05, 4.69) is 33.7 Å². The summed E-state index contributed by atoms with van der Waals surface area (Å²) in [6.45, 7) is 0.468. The summed E-state index contributed by atoms with van der Waals surface area (Å²) in [7, 11) is 0. The number of carbonyl (C=O) groups excluding carboxylic acids is 1. The van der Waals surface area contributed by atoms with Crippen molar-refractivity contribution < 1.29 is 10.0 Å². The number of hydrogen-bond donors (Lipinski definition) is 2. The van der Waals surface area contributed by atoms with Gasteiger partial charge in [0.2, 0.25) is 0 Å². The highest BCUT2D eigenvalue weighted by Gasteiger charge is 2.11. The van der Waals surface area contributed by atoms with Crippen LogP contribution in [0, 0.1) is 0 Å². The van der Waals surface area contributed by atoms with Crippen LogP contribution in [0.15, 0.2) is 66.7 Å². The number of hydrogen-bond acceptors (Lipinski definition) is 5. The first-order valence-electron chi connectivity index (χ1n) is 8.03. The fraction of sp³-hybridized carbons (Fsp3) is 0.0526. The maximum atomic E-state index is 11.4. The third-order valence-electron chi connectivity index (χ3n) is 4.19. The van der Waals surface area contributed by atoms with Crippen molar-refractivity contribution in [2.24, 2.45) is 0 Å². The van der Waals surface area contributed by atoms with Crippen molar-refractivity contribution in [2.75, 3.05) is 0 Å². The van der Waals surface area contributed by atoms with Gasteiger partial charge in [0.15, 0.2) is 5.82 Å². The van der Waals surface area contributed by atoms with Crippen LogP contribution in [0.2, 0.25) is 0 Å². The van der Waals surface area contributed by atoms with Crippen LogP contribution in [0.4, 0.5) is 0 Å². The van der Waals surface area contributed by atoms with Crippen molar-refractivity contribution >= 4 is 16.7 Å². The lowest BCUT2D eigenvalue weighted by atomic mass is 10.1. The van der Waals surface area contributed by atoms with Gasteiger partial charge < -0.3 is 0 Å². The maximum absolute atomic E-state index is 11.4. The molecule has 4 rings (SSSR count). The Morgan fingerprint density at radius 3 is 2.54 bits per heavy atom. The number of tetrazole rings is 1. The van der Waals surface area contributed by atoms with Gasteiger partial charge in [-0.05, 0) is 45.0 Å². The van der Waals surface area contributed by atoms with Gasteiger partial charge in [-0.3, -0.25) is 10.0 Å². The lowest BCUT2D eigenvalue weighted by molar-refractivity contribution is 0.0706. The van der Waals surface area contributed by atoms with E-state index in [1.54, 1.807) is 34.4 Å². The smallest absolute Gasteiger partial charge is 0.274 e. The van der Waals surface area contributed by atoms with Gasteiger partial charge in [-0.15, -0.1) is 5.10 Å². The van der Waals surface area contributed by atoms with Crippen LogP contribution in [-0.4, -0.2) is 31.3 Å². The highest BCUT2D eigenvalue weighted by atomic mass is 16.5. The molecule has 0 unspecified atom stereocenters. The Hall–Kier alpha value is -3.58. The Morgan fingerprint density at radius 2 is 1.77 bits per heavy atom. The standard InChI is InChI=1S/C19H15N5O2/c25-19(21-26)15-7-5-13(6-8-15)12-24-18(20-22-23-24)17-10-9-14-3-1-2-4-16(14)11-17/h1-11,26H,12H2,(H,21,25). The number of nitrogens with zero attached hydrogens (tertiary/aromatic N) is 4. The molecule has 0 aliphatic carbocycles. The monoisotopic (exact) mass is 345 g/mol. The molecular weight excluding hydrogens is 330 g/mol. The Bertz CT molecular complexity index is 1070. The van der Waals surface area contributed by atoms with Crippen LogP contribution in [0.5, 0.6) is 0 Å². The van der Waals surface area contributed by atoms with Crippen LogP contribution >= 0.6 is 0 Å². The topological polar surface area (TPSA) is 92.9 Å². The van der Waals surface area contributed by atoms with E-state index in [1.165, 1.54) is 0 Å². The molecule has 2 N–H and O–H groups in total. The zero-order valence-electron chi connectivity index (χ0n) is 13.7. The lowest BCUT2D eigenvalue weighted by Crippen LogP contribution is -2.18. The van der Waals surface area contributed by atoms with Gasteiger partial charge in [-0.2, -0.15) is 0 Å². The molecule has 4 aromatic rings. The molecule has 0 fully saturated rings. The molecule has 26 heavy (non-hydrogen) atoms. The third kappa shape index (κ3) is 3.03. The van der Waals surface area contributed by atoms with Gasteiger partial charge in [-0.1, -0.05) is 48.5 Å². The Labute approximate surface area is 148 Å².